The Balaban J connectivity index is 0.000000267. The molecule has 0 aliphatic carbocycles. The van der Waals surface area contributed by atoms with Crippen molar-refractivity contribution in [3.05, 3.63) is 31.5 Å². The summed E-state index contributed by atoms with van der Waals surface area (Å²) < 4.78 is 1.51. The van der Waals surface area contributed by atoms with Crippen LogP contribution in [-0.4, -0.2) is 34.2 Å². The standard InChI is InChI=1S/C6H9NO.C4H6N2O.ClH/c1-2-7-5-3-4-6(7)8;1-7-6-3-2-5-4-6;/h2H,1,3-5H2;2-4H,1H3;1H. The number of rotatable bonds is 2. The van der Waals surface area contributed by atoms with Crippen molar-refractivity contribution < 1.29 is 9.63 Å². The monoisotopic (exact) mass is 245 g/mol. The van der Waals surface area contributed by atoms with Crippen LogP contribution in [0.5, 0.6) is 0 Å². The quantitative estimate of drug-likeness (QED) is 0.785. The van der Waals surface area contributed by atoms with Gasteiger partial charge in [0.25, 0.3) is 0 Å². The molecule has 0 bridgehead atoms. The van der Waals surface area contributed by atoms with Crippen molar-refractivity contribution in [3.8, 4) is 0 Å². The third-order valence-corrected chi connectivity index (χ3v) is 2.02. The van der Waals surface area contributed by atoms with Crippen LogP contribution in [-0.2, 0) is 4.79 Å². The fraction of sp³-hybridized carbons (Fsp3) is 0.400. The Labute approximate surface area is 101 Å². The first kappa shape index (κ1) is 14.5. The zero-order valence-electron chi connectivity index (χ0n) is 9.20. The molecule has 1 aliphatic rings. The van der Waals surface area contributed by atoms with Crippen molar-refractivity contribution >= 4 is 18.3 Å². The number of halogens is 1. The Bertz CT molecular complexity index is 314. The Kier molecular flexibility index (Phi) is 7.03. The third-order valence-electron chi connectivity index (χ3n) is 2.02. The minimum atomic E-state index is 0. The molecule has 1 amide bonds. The maximum Gasteiger partial charge on any atom is 0.226 e. The van der Waals surface area contributed by atoms with Gasteiger partial charge in [-0.2, -0.15) is 4.73 Å². The van der Waals surface area contributed by atoms with Crippen molar-refractivity contribution in [1.29, 1.82) is 0 Å². The molecule has 0 saturated carbocycles. The number of nitrogens with zero attached hydrogens (tertiary/aromatic N) is 3. The predicted molar refractivity (Wildman–Crippen MR) is 63.1 cm³/mol. The van der Waals surface area contributed by atoms with E-state index in [2.05, 4.69) is 11.6 Å². The third kappa shape index (κ3) is 4.35. The average molecular weight is 246 g/mol. The van der Waals surface area contributed by atoms with Gasteiger partial charge in [-0.1, -0.05) is 6.58 Å². The van der Waals surface area contributed by atoms with E-state index in [9.17, 15) is 4.79 Å². The molecule has 1 aromatic heterocycles. The number of imidazole rings is 1. The molecule has 0 N–H and O–H groups in total. The van der Waals surface area contributed by atoms with Crippen LogP contribution in [0, 0.1) is 0 Å². The molecule has 0 unspecified atom stereocenters. The Morgan fingerprint density at radius 3 is 2.62 bits per heavy atom. The van der Waals surface area contributed by atoms with Gasteiger partial charge in [-0.3, -0.25) is 4.79 Å². The molecule has 90 valence electrons. The first-order valence-corrected chi connectivity index (χ1v) is 4.72. The van der Waals surface area contributed by atoms with Crippen LogP contribution < -0.4 is 4.84 Å². The second-order valence-electron chi connectivity index (χ2n) is 2.98. The maximum absolute atomic E-state index is 10.7. The van der Waals surface area contributed by atoms with Crippen LogP contribution in [0.2, 0.25) is 0 Å². The van der Waals surface area contributed by atoms with Gasteiger partial charge in [0.2, 0.25) is 5.91 Å². The lowest BCUT2D eigenvalue weighted by Gasteiger charge is -2.05. The zero-order valence-corrected chi connectivity index (χ0v) is 10.0. The molecule has 2 heterocycles. The van der Waals surface area contributed by atoms with Gasteiger partial charge in [0, 0.05) is 19.2 Å². The number of likely N-dealkylation sites (tertiary alicyclic amines) is 1. The molecule has 2 rings (SSSR count). The van der Waals surface area contributed by atoms with Crippen molar-refractivity contribution in [2.45, 2.75) is 12.8 Å². The molecule has 0 atom stereocenters. The molecule has 0 spiro atoms. The summed E-state index contributed by atoms with van der Waals surface area (Å²) in [6.45, 7) is 4.36. The largest absolute Gasteiger partial charge is 0.416 e. The van der Waals surface area contributed by atoms with E-state index in [1.54, 1.807) is 36.9 Å². The highest BCUT2D eigenvalue weighted by molar-refractivity contribution is 5.85. The summed E-state index contributed by atoms with van der Waals surface area (Å²) in [4.78, 5) is 20.8. The number of hydrogen-bond acceptors (Lipinski definition) is 3. The molecule has 0 radical (unpaired) electrons. The van der Waals surface area contributed by atoms with Gasteiger partial charge in [0.15, 0.2) is 0 Å². The van der Waals surface area contributed by atoms with E-state index >= 15 is 0 Å². The Hall–Kier alpha value is -1.49. The molecule has 1 fully saturated rings. The van der Waals surface area contributed by atoms with E-state index in [0.29, 0.717) is 6.42 Å². The average Bonchev–Trinajstić information content (AvgIpc) is 2.88. The van der Waals surface area contributed by atoms with Crippen molar-refractivity contribution in [2.75, 3.05) is 13.7 Å². The zero-order chi connectivity index (χ0) is 11.1. The molecule has 1 aromatic rings. The molecule has 5 nitrogen and oxygen atoms in total. The summed E-state index contributed by atoms with van der Waals surface area (Å²) in [6.07, 6.45) is 8.25. The van der Waals surface area contributed by atoms with Gasteiger partial charge < -0.3 is 9.74 Å². The number of aromatic nitrogens is 2. The van der Waals surface area contributed by atoms with Crippen LogP contribution in [0.4, 0.5) is 0 Å². The lowest BCUT2D eigenvalue weighted by molar-refractivity contribution is -0.125. The van der Waals surface area contributed by atoms with Crippen LogP contribution in [0.15, 0.2) is 31.5 Å². The summed E-state index contributed by atoms with van der Waals surface area (Å²) >= 11 is 0. The molecule has 6 heteroatoms. The predicted octanol–water partition coefficient (Wildman–Crippen LogP) is 1.12. The van der Waals surface area contributed by atoms with Gasteiger partial charge in [0.05, 0.1) is 6.20 Å². The number of hydrogen-bond donors (Lipinski definition) is 0. The Morgan fingerprint density at radius 1 is 1.62 bits per heavy atom. The van der Waals surface area contributed by atoms with Crippen molar-refractivity contribution in [1.82, 2.24) is 14.6 Å². The fourth-order valence-corrected chi connectivity index (χ4v) is 1.22. The van der Waals surface area contributed by atoms with Gasteiger partial charge in [-0.15, -0.1) is 12.4 Å². The van der Waals surface area contributed by atoms with Crippen molar-refractivity contribution in [3.63, 3.8) is 0 Å². The minimum Gasteiger partial charge on any atom is -0.416 e. The molecule has 1 saturated heterocycles. The second kappa shape index (κ2) is 7.76. The van der Waals surface area contributed by atoms with Crippen LogP contribution in [0.25, 0.3) is 0 Å². The highest BCUT2D eigenvalue weighted by atomic mass is 35.5. The summed E-state index contributed by atoms with van der Waals surface area (Å²) in [6, 6.07) is 0. The highest BCUT2D eigenvalue weighted by Crippen LogP contribution is 2.08. The SMILES string of the molecule is C=CN1CCCC1=O.COn1ccnc1.Cl. The summed E-state index contributed by atoms with van der Waals surface area (Å²) in [7, 11) is 1.58. The molecular formula is C10H16ClN3O2. The molecule has 1 aliphatic heterocycles. The highest BCUT2D eigenvalue weighted by Gasteiger charge is 2.15. The van der Waals surface area contributed by atoms with Crippen molar-refractivity contribution in [2.24, 2.45) is 0 Å². The van der Waals surface area contributed by atoms with E-state index in [4.69, 9.17) is 4.84 Å². The Morgan fingerprint density at radius 2 is 2.38 bits per heavy atom. The number of amides is 1. The van der Waals surface area contributed by atoms with Gasteiger partial charge in [0.1, 0.15) is 13.4 Å². The molecule has 0 aromatic carbocycles. The lowest BCUT2D eigenvalue weighted by atomic mass is 10.4. The summed E-state index contributed by atoms with van der Waals surface area (Å²) in [5.41, 5.74) is 0. The van der Waals surface area contributed by atoms with Gasteiger partial charge >= 0.3 is 0 Å². The maximum atomic E-state index is 10.7. The van der Waals surface area contributed by atoms with E-state index in [1.165, 1.54) is 4.73 Å². The second-order valence-corrected chi connectivity index (χ2v) is 2.98. The lowest BCUT2D eigenvalue weighted by Crippen LogP contribution is -2.16. The first-order chi connectivity index (χ1) is 7.27. The smallest absolute Gasteiger partial charge is 0.226 e. The van der Waals surface area contributed by atoms with Gasteiger partial charge in [-0.05, 0) is 12.6 Å². The number of carbonyl (C=O) groups is 1. The minimum absolute atomic E-state index is 0. The van der Waals surface area contributed by atoms with Gasteiger partial charge in [-0.25, -0.2) is 4.98 Å². The first-order valence-electron chi connectivity index (χ1n) is 4.72. The molecular weight excluding hydrogens is 230 g/mol. The normalized spacial score (nSPS) is 13.6. The molecule has 16 heavy (non-hydrogen) atoms. The van der Waals surface area contributed by atoms with E-state index in [-0.39, 0.29) is 18.3 Å². The summed E-state index contributed by atoms with van der Waals surface area (Å²) in [5.74, 6) is 0.208. The fourth-order valence-electron chi connectivity index (χ4n) is 1.22. The van der Waals surface area contributed by atoms with Crippen LogP contribution in [0.3, 0.4) is 0 Å². The van der Waals surface area contributed by atoms with E-state index in [0.717, 1.165) is 13.0 Å². The summed E-state index contributed by atoms with van der Waals surface area (Å²) in [5, 5.41) is 0. The number of carbonyl (C=O) groups excluding carboxylic acids is 1. The van der Waals surface area contributed by atoms with E-state index < -0.39 is 0 Å². The van der Waals surface area contributed by atoms with Crippen LogP contribution >= 0.6 is 12.4 Å². The van der Waals surface area contributed by atoms with Crippen LogP contribution in [0.1, 0.15) is 12.8 Å². The van der Waals surface area contributed by atoms with E-state index in [1.807, 2.05) is 0 Å². The topological polar surface area (TPSA) is 47.4 Å².